The Labute approximate surface area is 208 Å². The van der Waals surface area contributed by atoms with E-state index in [1.807, 2.05) is 0 Å². The van der Waals surface area contributed by atoms with Gasteiger partial charge in [-0.15, -0.1) is 0 Å². The summed E-state index contributed by atoms with van der Waals surface area (Å²) in [6.07, 6.45) is 0. The smallest absolute Gasteiger partial charge is 0.327 e. The molecule has 0 atom stereocenters. The van der Waals surface area contributed by atoms with Gasteiger partial charge in [0.15, 0.2) is 0 Å². The van der Waals surface area contributed by atoms with E-state index in [-0.39, 0.29) is 26.5 Å². The molecule has 8 nitrogen and oxygen atoms in total. The maximum Gasteiger partial charge on any atom is 0.327 e. The Morgan fingerprint density at radius 1 is 1.00 bits per heavy atom. The number of H-pyrrole nitrogens is 1. The number of hydrogen-bond donors (Lipinski definition) is 1. The van der Waals surface area contributed by atoms with Gasteiger partial charge in [0.05, 0.1) is 10.6 Å². The van der Waals surface area contributed by atoms with Gasteiger partial charge in [-0.3, -0.25) is 13.9 Å². The predicted molar refractivity (Wildman–Crippen MR) is 133 cm³/mol. The molecule has 0 bridgehead atoms. The molecule has 34 heavy (non-hydrogen) atoms. The van der Waals surface area contributed by atoms with Gasteiger partial charge >= 0.3 is 5.97 Å². The fourth-order valence-electron chi connectivity index (χ4n) is 3.24. The highest BCUT2D eigenvalue weighted by Crippen LogP contribution is 2.30. The predicted octanol–water partition coefficient (Wildman–Crippen LogP) is 4.71. The second-order valence-electron chi connectivity index (χ2n) is 8.86. The number of anilines is 1. The fraction of sp³-hybridized carbons (Fsp3) is 0.304. The van der Waals surface area contributed by atoms with E-state index >= 15 is 0 Å². The Hall–Kier alpha value is -2.75. The lowest BCUT2D eigenvalue weighted by Gasteiger charge is -2.26. The summed E-state index contributed by atoms with van der Waals surface area (Å²) in [5, 5.41) is 0.864. The summed E-state index contributed by atoms with van der Waals surface area (Å²) in [6.45, 7) is 4.49. The van der Waals surface area contributed by atoms with Crippen LogP contribution in [0.5, 0.6) is 0 Å². The van der Waals surface area contributed by atoms with Gasteiger partial charge < -0.3 is 14.6 Å². The minimum Gasteiger partial charge on any atom is -0.459 e. The molecule has 0 radical (unpaired) electrons. The summed E-state index contributed by atoms with van der Waals surface area (Å²) in [7, 11) is -1.00. The Morgan fingerprint density at radius 3 is 2.18 bits per heavy atom. The molecule has 1 heterocycles. The number of aromatic amines is 1. The molecule has 1 amide bonds. The normalized spacial score (nSPS) is 12.0. The van der Waals surface area contributed by atoms with Gasteiger partial charge in [-0.05, 0) is 63.2 Å². The molecule has 0 aliphatic rings. The van der Waals surface area contributed by atoms with Crippen molar-refractivity contribution in [2.75, 3.05) is 24.9 Å². The zero-order chi connectivity index (χ0) is 25.4. The molecule has 3 aromatic rings. The zero-order valence-corrected chi connectivity index (χ0v) is 21.7. The Balaban J connectivity index is 2.12. The van der Waals surface area contributed by atoms with Gasteiger partial charge in [-0.1, -0.05) is 23.2 Å². The van der Waals surface area contributed by atoms with Crippen molar-refractivity contribution >= 4 is 61.7 Å². The fourth-order valence-corrected chi connectivity index (χ4v) is 5.37. The molecule has 0 saturated carbocycles. The highest BCUT2D eigenvalue weighted by molar-refractivity contribution is 7.92. The second-order valence-corrected chi connectivity index (χ2v) is 11.6. The summed E-state index contributed by atoms with van der Waals surface area (Å²) in [5.74, 6) is -0.966. The average Bonchev–Trinajstić information content (AvgIpc) is 3.12. The summed E-state index contributed by atoms with van der Waals surface area (Å²) < 4.78 is 33.5. The van der Waals surface area contributed by atoms with Crippen LogP contribution in [0.3, 0.4) is 0 Å². The number of carbonyl (C=O) groups is 2. The number of nitrogens with zero attached hydrogens (tertiary/aromatic N) is 2. The number of sulfonamides is 1. The molecule has 0 aliphatic heterocycles. The first-order chi connectivity index (χ1) is 15.7. The third-order valence-corrected chi connectivity index (χ3v) is 6.83. The van der Waals surface area contributed by atoms with Gasteiger partial charge in [0.25, 0.3) is 15.9 Å². The minimum atomic E-state index is -4.26. The molecule has 0 saturated heterocycles. The van der Waals surface area contributed by atoms with Crippen molar-refractivity contribution in [1.82, 2.24) is 9.88 Å². The monoisotopic (exact) mass is 525 g/mol. The van der Waals surface area contributed by atoms with Crippen LogP contribution >= 0.6 is 23.2 Å². The Bertz CT molecular complexity index is 1340. The van der Waals surface area contributed by atoms with Crippen molar-refractivity contribution in [1.29, 1.82) is 0 Å². The molecule has 0 aliphatic carbocycles. The van der Waals surface area contributed by atoms with Crippen LogP contribution in [0.25, 0.3) is 10.9 Å². The number of carbonyl (C=O) groups excluding carboxylic acids is 2. The van der Waals surface area contributed by atoms with E-state index in [1.165, 1.54) is 29.2 Å². The van der Waals surface area contributed by atoms with E-state index in [2.05, 4.69) is 4.98 Å². The van der Waals surface area contributed by atoms with Crippen molar-refractivity contribution in [3.63, 3.8) is 0 Å². The standard InChI is InChI=1S/C23H25Cl2N3O5S/c1-23(2,3)33-21(29)13-28(34(31,32)18-11-15(24)10-16(25)12-18)17-6-7-19-14(8-17)9-20(26-19)22(30)27(4)5/h6-12,26H,13H2,1-5H3. The number of nitrogens with one attached hydrogen (secondary N) is 1. The average molecular weight is 526 g/mol. The van der Waals surface area contributed by atoms with E-state index in [0.29, 0.717) is 16.6 Å². The maximum atomic E-state index is 13.6. The largest absolute Gasteiger partial charge is 0.459 e. The molecule has 3 rings (SSSR count). The third kappa shape index (κ3) is 5.84. The molecule has 1 N–H and O–H groups in total. The van der Waals surface area contributed by atoms with Gasteiger partial charge in [0.2, 0.25) is 0 Å². The molecule has 2 aromatic carbocycles. The Kier molecular flexibility index (Phi) is 7.21. The minimum absolute atomic E-state index is 0.135. The topological polar surface area (TPSA) is 99.8 Å². The van der Waals surface area contributed by atoms with Crippen molar-refractivity contribution in [2.24, 2.45) is 0 Å². The highest BCUT2D eigenvalue weighted by atomic mass is 35.5. The van der Waals surface area contributed by atoms with Crippen LogP contribution < -0.4 is 4.31 Å². The van der Waals surface area contributed by atoms with Crippen LogP contribution in [0.15, 0.2) is 47.4 Å². The van der Waals surface area contributed by atoms with Crippen LogP contribution in [-0.4, -0.2) is 56.4 Å². The van der Waals surface area contributed by atoms with Gasteiger partial charge in [0, 0.05) is 35.0 Å². The maximum absolute atomic E-state index is 13.6. The lowest BCUT2D eigenvalue weighted by Crippen LogP contribution is -2.39. The second kappa shape index (κ2) is 9.48. The first-order valence-corrected chi connectivity index (χ1v) is 12.4. The summed E-state index contributed by atoms with van der Waals surface area (Å²) in [6, 6.07) is 10.3. The Morgan fingerprint density at radius 2 is 1.62 bits per heavy atom. The van der Waals surface area contributed by atoms with Crippen LogP contribution in [0.2, 0.25) is 10.0 Å². The van der Waals surface area contributed by atoms with Crippen molar-refractivity contribution in [3.05, 3.63) is 58.2 Å². The number of hydrogen-bond acceptors (Lipinski definition) is 5. The number of halogens is 2. The van der Waals surface area contributed by atoms with Gasteiger partial charge in [-0.25, -0.2) is 8.42 Å². The highest BCUT2D eigenvalue weighted by Gasteiger charge is 2.30. The first kappa shape index (κ1) is 25.9. The first-order valence-electron chi connectivity index (χ1n) is 10.2. The molecule has 1 aromatic heterocycles. The van der Waals surface area contributed by atoms with E-state index in [1.54, 1.807) is 53.1 Å². The van der Waals surface area contributed by atoms with E-state index in [9.17, 15) is 18.0 Å². The number of ether oxygens (including phenoxy) is 1. The number of esters is 1. The van der Waals surface area contributed by atoms with Crippen LogP contribution in [0.1, 0.15) is 31.3 Å². The van der Waals surface area contributed by atoms with Crippen molar-refractivity contribution < 1.29 is 22.7 Å². The number of fused-ring (bicyclic) bond motifs is 1. The molecule has 0 fully saturated rings. The molecular formula is C23H25Cl2N3O5S. The van der Waals surface area contributed by atoms with Gasteiger partial charge in [-0.2, -0.15) is 0 Å². The molecule has 11 heteroatoms. The van der Waals surface area contributed by atoms with Gasteiger partial charge in [0.1, 0.15) is 17.8 Å². The number of amides is 1. The van der Waals surface area contributed by atoms with Crippen LogP contribution in [0.4, 0.5) is 5.69 Å². The third-order valence-electron chi connectivity index (χ3n) is 4.65. The number of rotatable bonds is 6. The van der Waals surface area contributed by atoms with Crippen LogP contribution in [0, 0.1) is 0 Å². The zero-order valence-electron chi connectivity index (χ0n) is 19.3. The lowest BCUT2D eigenvalue weighted by molar-refractivity contribution is -0.152. The molecule has 0 spiro atoms. The summed E-state index contributed by atoms with van der Waals surface area (Å²) in [5.41, 5.74) is 0.379. The van der Waals surface area contributed by atoms with Crippen molar-refractivity contribution in [3.8, 4) is 0 Å². The summed E-state index contributed by atoms with van der Waals surface area (Å²) >= 11 is 12.1. The quantitative estimate of drug-likeness (QED) is 0.469. The van der Waals surface area contributed by atoms with Crippen LogP contribution in [-0.2, 0) is 19.6 Å². The lowest BCUT2D eigenvalue weighted by atomic mass is 10.2. The molecular weight excluding hydrogens is 501 g/mol. The van der Waals surface area contributed by atoms with E-state index < -0.39 is 28.1 Å². The molecule has 0 unspecified atom stereocenters. The van der Waals surface area contributed by atoms with E-state index in [0.717, 1.165) is 4.31 Å². The molecule has 182 valence electrons. The van der Waals surface area contributed by atoms with Crippen molar-refractivity contribution in [2.45, 2.75) is 31.3 Å². The van der Waals surface area contributed by atoms with E-state index in [4.69, 9.17) is 27.9 Å². The number of aromatic nitrogens is 1. The summed E-state index contributed by atoms with van der Waals surface area (Å²) in [4.78, 5) is 29.2. The number of benzene rings is 2. The SMILES string of the molecule is CN(C)C(=O)c1cc2cc(N(CC(=O)OC(C)(C)C)S(=O)(=O)c3cc(Cl)cc(Cl)c3)ccc2[nH]1.